The molecule has 0 bridgehead atoms. The molecule has 1 fully saturated rings. The summed E-state index contributed by atoms with van der Waals surface area (Å²) in [5, 5.41) is 0. The van der Waals surface area contributed by atoms with Gasteiger partial charge in [-0.05, 0) is 30.5 Å². The van der Waals surface area contributed by atoms with Gasteiger partial charge in [0.15, 0.2) is 6.29 Å². The van der Waals surface area contributed by atoms with Gasteiger partial charge >= 0.3 is 0 Å². The summed E-state index contributed by atoms with van der Waals surface area (Å²) >= 11 is 0. The molecule has 1 atom stereocenters. The van der Waals surface area contributed by atoms with Crippen molar-refractivity contribution in [3.05, 3.63) is 29.8 Å². The Morgan fingerprint density at radius 2 is 1.71 bits per heavy atom. The van der Waals surface area contributed by atoms with Gasteiger partial charge in [-0.25, -0.2) is 0 Å². The van der Waals surface area contributed by atoms with Crippen LogP contribution >= 0.6 is 0 Å². The van der Waals surface area contributed by atoms with Crippen molar-refractivity contribution in [2.75, 3.05) is 14.2 Å². The Balaban J connectivity index is 2.00. The first kappa shape index (κ1) is 12.4. The topological polar surface area (TPSA) is 53.7 Å². The van der Waals surface area contributed by atoms with Crippen LogP contribution in [-0.2, 0) is 9.47 Å². The first-order chi connectivity index (χ1) is 8.24. The van der Waals surface area contributed by atoms with E-state index in [1.807, 2.05) is 24.3 Å². The molecule has 0 aliphatic heterocycles. The lowest BCUT2D eigenvalue weighted by Crippen LogP contribution is -2.29. The van der Waals surface area contributed by atoms with E-state index in [2.05, 4.69) is 0 Å². The molecule has 4 nitrogen and oxygen atoms in total. The summed E-state index contributed by atoms with van der Waals surface area (Å²) in [6.45, 7) is 0. The Hall–Kier alpha value is -1.10. The van der Waals surface area contributed by atoms with Crippen molar-refractivity contribution >= 4 is 0 Å². The Bertz CT molecular complexity index is 344. The average Bonchev–Trinajstić information content (AvgIpc) is 3.15. The summed E-state index contributed by atoms with van der Waals surface area (Å²) in [6, 6.07) is 7.49. The zero-order chi connectivity index (χ0) is 12.3. The molecule has 2 rings (SSSR count). The summed E-state index contributed by atoms with van der Waals surface area (Å²) in [5.74, 6) is 0.898. The molecule has 0 heterocycles. The summed E-state index contributed by atoms with van der Waals surface area (Å²) in [5.41, 5.74) is 7.01. The Labute approximate surface area is 102 Å². The highest BCUT2D eigenvalue weighted by molar-refractivity contribution is 5.29. The van der Waals surface area contributed by atoms with Crippen LogP contribution in [0.3, 0.4) is 0 Å². The minimum atomic E-state index is -0.426. The van der Waals surface area contributed by atoms with Gasteiger partial charge in [-0.1, -0.05) is 12.1 Å². The largest absolute Gasteiger partial charge is 0.490 e. The molecule has 4 heteroatoms. The van der Waals surface area contributed by atoms with E-state index in [4.69, 9.17) is 19.9 Å². The maximum atomic E-state index is 6.03. The lowest BCUT2D eigenvalue weighted by molar-refractivity contribution is -0.117. The van der Waals surface area contributed by atoms with E-state index in [-0.39, 0.29) is 6.04 Å². The number of nitrogens with two attached hydrogens (primary N) is 1. The minimum Gasteiger partial charge on any atom is -0.490 e. The maximum absolute atomic E-state index is 6.03. The molecule has 1 aromatic carbocycles. The van der Waals surface area contributed by atoms with Crippen molar-refractivity contribution in [3.63, 3.8) is 0 Å². The number of hydrogen-bond acceptors (Lipinski definition) is 4. The lowest BCUT2D eigenvalue weighted by atomic mass is 10.1. The van der Waals surface area contributed by atoms with Gasteiger partial charge in [-0.2, -0.15) is 0 Å². The Kier molecular flexibility index (Phi) is 3.99. The van der Waals surface area contributed by atoms with Crippen LogP contribution in [0.2, 0.25) is 0 Å². The second-order valence-electron chi connectivity index (χ2n) is 4.25. The van der Waals surface area contributed by atoms with Crippen LogP contribution in [0.15, 0.2) is 24.3 Å². The SMILES string of the molecule is COC(OC)C(N)c1ccc(OC2CC2)cc1. The maximum Gasteiger partial charge on any atom is 0.175 e. The van der Waals surface area contributed by atoms with Crippen molar-refractivity contribution in [1.82, 2.24) is 0 Å². The third-order valence-corrected chi connectivity index (χ3v) is 2.85. The summed E-state index contributed by atoms with van der Waals surface area (Å²) in [4.78, 5) is 0. The van der Waals surface area contributed by atoms with Gasteiger partial charge in [0.05, 0.1) is 12.1 Å². The molecule has 0 saturated heterocycles. The van der Waals surface area contributed by atoms with Crippen LogP contribution in [0, 0.1) is 0 Å². The number of ether oxygens (including phenoxy) is 3. The minimum absolute atomic E-state index is 0.292. The number of methoxy groups -OCH3 is 2. The second kappa shape index (κ2) is 5.49. The van der Waals surface area contributed by atoms with E-state index in [9.17, 15) is 0 Å². The van der Waals surface area contributed by atoms with Crippen molar-refractivity contribution in [1.29, 1.82) is 0 Å². The quantitative estimate of drug-likeness (QED) is 0.767. The van der Waals surface area contributed by atoms with Crippen LogP contribution in [-0.4, -0.2) is 26.6 Å². The molecule has 0 aromatic heterocycles. The van der Waals surface area contributed by atoms with E-state index >= 15 is 0 Å². The summed E-state index contributed by atoms with van der Waals surface area (Å²) in [7, 11) is 3.16. The van der Waals surface area contributed by atoms with Crippen LogP contribution < -0.4 is 10.5 Å². The molecule has 17 heavy (non-hydrogen) atoms. The first-order valence-corrected chi connectivity index (χ1v) is 5.82. The molecule has 0 radical (unpaired) electrons. The van der Waals surface area contributed by atoms with E-state index in [0.717, 1.165) is 24.2 Å². The van der Waals surface area contributed by atoms with Gasteiger partial charge in [-0.15, -0.1) is 0 Å². The van der Waals surface area contributed by atoms with Gasteiger partial charge in [0.25, 0.3) is 0 Å². The van der Waals surface area contributed by atoms with Gasteiger partial charge in [0.2, 0.25) is 0 Å². The molecule has 2 N–H and O–H groups in total. The molecule has 1 aliphatic rings. The third kappa shape index (κ3) is 3.19. The monoisotopic (exact) mass is 237 g/mol. The van der Waals surface area contributed by atoms with Gasteiger partial charge in [-0.3, -0.25) is 0 Å². The van der Waals surface area contributed by atoms with Crippen LogP contribution in [0.5, 0.6) is 5.75 Å². The van der Waals surface area contributed by atoms with Crippen molar-refractivity contribution in [3.8, 4) is 5.75 Å². The fraction of sp³-hybridized carbons (Fsp3) is 0.538. The first-order valence-electron chi connectivity index (χ1n) is 5.82. The van der Waals surface area contributed by atoms with Crippen molar-refractivity contribution in [2.45, 2.75) is 31.3 Å². The molecular weight excluding hydrogens is 218 g/mol. The summed E-state index contributed by atoms with van der Waals surface area (Å²) < 4.78 is 16.0. The molecule has 1 aliphatic carbocycles. The Morgan fingerprint density at radius 3 is 2.18 bits per heavy atom. The molecule has 0 spiro atoms. The molecule has 1 aromatic rings. The predicted molar refractivity (Wildman–Crippen MR) is 64.8 cm³/mol. The van der Waals surface area contributed by atoms with E-state index in [1.54, 1.807) is 14.2 Å². The van der Waals surface area contributed by atoms with Crippen LogP contribution in [0.25, 0.3) is 0 Å². The molecular formula is C13H19NO3. The van der Waals surface area contributed by atoms with Crippen molar-refractivity contribution in [2.24, 2.45) is 5.73 Å². The Morgan fingerprint density at radius 1 is 1.12 bits per heavy atom. The third-order valence-electron chi connectivity index (χ3n) is 2.85. The second-order valence-corrected chi connectivity index (χ2v) is 4.25. The fourth-order valence-corrected chi connectivity index (χ4v) is 1.69. The molecule has 1 saturated carbocycles. The molecule has 0 amide bonds. The van der Waals surface area contributed by atoms with Crippen LogP contribution in [0.4, 0.5) is 0 Å². The number of rotatable bonds is 6. The number of hydrogen-bond donors (Lipinski definition) is 1. The van der Waals surface area contributed by atoms with Crippen LogP contribution in [0.1, 0.15) is 24.4 Å². The standard InChI is InChI=1S/C13H19NO3/c1-15-13(16-2)12(14)9-3-5-10(6-4-9)17-11-7-8-11/h3-6,11-13H,7-8,14H2,1-2H3. The molecule has 1 unspecified atom stereocenters. The fourth-order valence-electron chi connectivity index (χ4n) is 1.69. The zero-order valence-corrected chi connectivity index (χ0v) is 10.3. The number of benzene rings is 1. The predicted octanol–water partition coefficient (Wildman–Crippen LogP) is 1.85. The highest BCUT2D eigenvalue weighted by atomic mass is 16.7. The van der Waals surface area contributed by atoms with E-state index in [0.29, 0.717) is 6.10 Å². The van der Waals surface area contributed by atoms with E-state index < -0.39 is 6.29 Å². The average molecular weight is 237 g/mol. The van der Waals surface area contributed by atoms with E-state index in [1.165, 1.54) is 0 Å². The normalized spacial score (nSPS) is 17.2. The summed E-state index contributed by atoms with van der Waals surface area (Å²) in [6.07, 6.45) is 2.32. The zero-order valence-electron chi connectivity index (χ0n) is 10.3. The lowest BCUT2D eigenvalue weighted by Gasteiger charge is -2.21. The van der Waals surface area contributed by atoms with Gasteiger partial charge < -0.3 is 19.9 Å². The van der Waals surface area contributed by atoms with Gasteiger partial charge in [0, 0.05) is 14.2 Å². The highest BCUT2D eigenvalue weighted by Gasteiger charge is 2.23. The van der Waals surface area contributed by atoms with Crippen molar-refractivity contribution < 1.29 is 14.2 Å². The highest BCUT2D eigenvalue weighted by Crippen LogP contribution is 2.27. The molecule has 94 valence electrons. The van der Waals surface area contributed by atoms with Gasteiger partial charge in [0.1, 0.15) is 5.75 Å². The smallest absolute Gasteiger partial charge is 0.175 e.